The summed E-state index contributed by atoms with van der Waals surface area (Å²) in [5.41, 5.74) is 14.4. The van der Waals surface area contributed by atoms with Crippen LogP contribution >= 0.6 is 0 Å². The molecule has 0 saturated heterocycles. The molecule has 0 atom stereocenters. The first-order valence-electron chi connectivity index (χ1n) is 10.4. The predicted octanol–water partition coefficient (Wildman–Crippen LogP) is 4.52. The Labute approximate surface area is 194 Å². The lowest BCUT2D eigenvalue weighted by Crippen LogP contribution is -2.24. The zero-order chi connectivity index (χ0) is 24.0. The molecule has 0 heterocycles. The number of hydrogen-bond acceptors (Lipinski definition) is 8. The fourth-order valence-corrected chi connectivity index (χ4v) is 4.02. The molecule has 0 amide bonds. The van der Waals surface area contributed by atoms with Crippen LogP contribution in [0.25, 0.3) is 0 Å². The van der Waals surface area contributed by atoms with Gasteiger partial charge in [-0.15, -0.1) is 0 Å². The molecule has 8 N–H and O–H groups in total. The van der Waals surface area contributed by atoms with Crippen LogP contribution in [0.5, 0.6) is 11.5 Å². The fraction of sp³-hybridized carbons (Fsp3) is 0. The lowest BCUT2D eigenvalue weighted by Gasteiger charge is -2.25. The normalized spacial score (nSPS) is 12.1. The summed E-state index contributed by atoms with van der Waals surface area (Å²) >= 11 is 0. The average Bonchev–Trinajstić information content (AvgIpc) is 2.82. The smallest absolute Gasteiger partial charge is 0.200 e. The van der Waals surface area contributed by atoms with E-state index in [4.69, 9.17) is 11.5 Å². The summed E-state index contributed by atoms with van der Waals surface area (Å²) in [5.74, 6) is -1.94. The number of nitrogens with two attached hydrogens (primary N) is 2. The van der Waals surface area contributed by atoms with Crippen LogP contribution < -0.4 is 22.1 Å². The van der Waals surface area contributed by atoms with Crippen LogP contribution in [-0.2, 0) is 0 Å². The maximum absolute atomic E-state index is 13.6. The number of anilines is 6. The maximum Gasteiger partial charge on any atom is 0.200 e. The quantitative estimate of drug-likeness (QED) is 0.172. The van der Waals surface area contributed by atoms with E-state index in [9.17, 15) is 19.8 Å². The molecule has 34 heavy (non-hydrogen) atoms. The van der Waals surface area contributed by atoms with Gasteiger partial charge in [-0.2, -0.15) is 0 Å². The molecule has 1 aliphatic carbocycles. The van der Waals surface area contributed by atoms with Gasteiger partial charge in [-0.25, -0.2) is 0 Å². The summed E-state index contributed by atoms with van der Waals surface area (Å²) in [6, 6.07) is 19.5. The van der Waals surface area contributed by atoms with Crippen LogP contribution in [0, 0.1) is 0 Å². The molecule has 0 aromatic heterocycles. The van der Waals surface area contributed by atoms with Crippen molar-refractivity contribution in [2.45, 2.75) is 0 Å². The van der Waals surface area contributed by atoms with Crippen molar-refractivity contribution in [2.75, 3.05) is 22.1 Å². The molecule has 4 aromatic carbocycles. The second kappa shape index (κ2) is 7.86. The number of ketones is 2. The minimum Gasteiger partial charge on any atom is -0.507 e. The van der Waals surface area contributed by atoms with Crippen LogP contribution in [-0.4, -0.2) is 21.8 Å². The number of nitrogen functional groups attached to an aromatic ring is 2. The molecule has 0 unspecified atom stereocenters. The molecular formula is C26H20N4O4. The molecule has 0 spiro atoms. The molecule has 0 radical (unpaired) electrons. The van der Waals surface area contributed by atoms with Gasteiger partial charge in [0.15, 0.2) is 0 Å². The van der Waals surface area contributed by atoms with Crippen molar-refractivity contribution >= 4 is 45.7 Å². The Balaban J connectivity index is 1.70. The van der Waals surface area contributed by atoms with Crippen molar-refractivity contribution in [3.63, 3.8) is 0 Å². The number of aromatic hydroxyl groups is 2. The summed E-state index contributed by atoms with van der Waals surface area (Å²) in [5, 5.41) is 27.1. The number of nitrogens with one attached hydrogen (secondary N) is 2. The number of fused-ring (bicyclic) bond motifs is 2. The Bertz CT molecular complexity index is 1350. The predicted molar refractivity (Wildman–Crippen MR) is 131 cm³/mol. The second-order valence-electron chi connectivity index (χ2n) is 7.92. The van der Waals surface area contributed by atoms with E-state index in [1.54, 1.807) is 60.7 Å². The van der Waals surface area contributed by atoms with E-state index in [1.807, 2.05) is 0 Å². The first-order valence-corrected chi connectivity index (χ1v) is 10.4. The van der Waals surface area contributed by atoms with Gasteiger partial charge in [0, 0.05) is 22.7 Å². The molecule has 4 aromatic rings. The van der Waals surface area contributed by atoms with Crippen LogP contribution in [0.1, 0.15) is 31.8 Å². The van der Waals surface area contributed by atoms with Gasteiger partial charge < -0.3 is 32.3 Å². The van der Waals surface area contributed by atoms with Gasteiger partial charge in [-0.1, -0.05) is 0 Å². The van der Waals surface area contributed by atoms with Crippen LogP contribution in [0.4, 0.5) is 34.1 Å². The Morgan fingerprint density at radius 3 is 1.21 bits per heavy atom. The van der Waals surface area contributed by atoms with Gasteiger partial charge in [-0.3, -0.25) is 9.59 Å². The van der Waals surface area contributed by atoms with Crippen molar-refractivity contribution in [1.82, 2.24) is 0 Å². The minimum atomic E-state index is -0.586. The third kappa shape index (κ3) is 3.43. The second-order valence-corrected chi connectivity index (χ2v) is 7.92. The van der Waals surface area contributed by atoms with Crippen LogP contribution in [0.15, 0.2) is 72.8 Å². The van der Waals surface area contributed by atoms with E-state index < -0.39 is 11.6 Å². The Hall–Kier alpha value is -4.98. The lowest BCUT2D eigenvalue weighted by atomic mass is 9.81. The molecule has 168 valence electrons. The average molecular weight is 452 g/mol. The summed E-state index contributed by atoms with van der Waals surface area (Å²) < 4.78 is 0. The van der Waals surface area contributed by atoms with Crippen molar-refractivity contribution in [1.29, 1.82) is 0 Å². The number of phenolic OH excluding ortho intramolecular Hbond substituents is 2. The molecule has 8 heteroatoms. The fourth-order valence-electron chi connectivity index (χ4n) is 4.02. The first-order chi connectivity index (χ1) is 16.3. The van der Waals surface area contributed by atoms with Gasteiger partial charge in [0.05, 0.1) is 33.6 Å². The van der Waals surface area contributed by atoms with Crippen molar-refractivity contribution in [2.24, 2.45) is 0 Å². The van der Waals surface area contributed by atoms with Gasteiger partial charge in [0.1, 0.15) is 11.5 Å². The highest BCUT2D eigenvalue weighted by Crippen LogP contribution is 2.43. The number of carbonyl (C=O) groups is 2. The summed E-state index contributed by atoms with van der Waals surface area (Å²) in [4.78, 5) is 27.2. The summed E-state index contributed by atoms with van der Waals surface area (Å²) in [6.45, 7) is 0. The van der Waals surface area contributed by atoms with E-state index in [-0.39, 0.29) is 33.8 Å². The molecule has 0 fully saturated rings. The van der Waals surface area contributed by atoms with Crippen LogP contribution in [0.3, 0.4) is 0 Å². The third-order valence-corrected chi connectivity index (χ3v) is 5.65. The zero-order valence-electron chi connectivity index (χ0n) is 17.8. The number of hydrogen-bond donors (Lipinski definition) is 6. The Morgan fingerprint density at radius 1 is 0.500 bits per heavy atom. The Morgan fingerprint density at radius 2 is 0.853 bits per heavy atom. The number of rotatable bonds is 4. The molecule has 8 nitrogen and oxygen atoms in total. The number of carbonyl (C=O) groups excluding carboxylic acids is 2. The molecule has 1 aliphatic rings. The monoisotopic (exact) mass is 452 g/mol. The lowest BCUT2D eigenvalue weighted by molar-refractivity contribution is 0.0975. The minimum absolute atomic E-state index is 0.0793. The standard InChI is InChI=1S/C26H20N4O4/c27-13-1-5-15(6-2-13)29-17-9-10-18(30-16-7-3-14(28)4-8-16)22-21(17)25(33)23-19(31)11-12-20(32)24(23)26(22)34/h1-12,29-32H,27-28H2. The van der Waals surface area contributed by atoms with E-state index in [0.29, 0.717) is 34.1 Å². The van der Waals surface area contributed by atoms with E-state index in [1.165, 1.54) is 12.1 Å². The SMILES string of the molecule is Nc1ccc(Nc2ccc(Nc3ccc(N)cc3)c3c2C(=O)c2c(O)ccc(O)c2C3=O)cc1. The highest BCUT2D eigenvalue weighted by atomic mass is 16.3. The number of benzene rings is 4. The zero-order valence-corrected chi connectivity index (χ0v) is 17.8. The van der Waals surface area contributed by atoms with Crippen molar-refractivity contribution < 1.29 is 19.8 Å². The molecule has 0 saturated carbocycles. The van der Waals surface area contributed by atoms with Crippen LogP contribution in [0.2, 0.25) is 0 Å². The first kappa shape index (κ1) is 20.9. The topological polar surface area (TPSA) is 151 Å². The van der Waals surface area contributed by atoms with E-state index in [2.05, 4.69) is 10.6 Å². The summed E-state index contributed by atoms with van der Waals surface area (Å²) in [6.07, 6.45) is 0. The van der Waals surface area contributed by atoms with Gasteiger partial charge in [0.2, 0.25) is 11.6 Å². The molecular weight excluding hydrogens is 432 g/mol. The highest BCUT2D eigenvalue weighted by molar-refractivity contribution is 6.33. The Kier molecular flexibility index (Phi) is 4.83. The van der Waals surface area contributed by atoms with Gasteiger partial charge >= 0.3 is 0 Å². The molecule has 0 bridgehead atoms. The number of phenols is 2. The molecule has 5 rings (SSSR count). The third-order valence-electron chi connectivity index (χ3n) is 5.65. The van der Waals surface area contributed by atoms with E-state index in [0.717, 1.165) is 0 Å². The van der Waals surface area contributed by atoms with Gasteiger partial charge in [0.25, 0.3) is 0 Å². The largest absolute Gasteiger partial charge is 0.507 e. The van der Waals surface area contributed by atoms with E-state index >= 15 is 0 Å². The van der Waals surface area contributed by atoms with Crippen molar-refractivity contribution in [3.05, 3.63) is 95.1 Å². The highest BCUT2D eigenvalue weighted by Gasteiger charge is 2.38. The van der Waals surface area contributed by atoms with Gasteiger partial charge in [-0.05, 0) is 72.8 Å². The molecule has 0 aliphatic heterocycles. The van der Waals surface area contributed by atoms with Crippen molar-refractivity contribution in [3.8, 4) is 11.5 Å². The maximum atomic E-state index is 13.6. The summed E-state index contributed by atoms with van der Waals surface area (Å²) in [7, 11) is 0.